The number of carbonyl (C=O) groups is 3. The molecule has 6 nitrogen and oxygen atoms in total. The van der Waals surface area contributed by atoms with Gasteiger partial charge in [-0.1, -0.05) is 22.2 Å². The number of rotatable bonds is 2. The van der Waals surface area contributed by atoms with Gasteiger partial charge in [0.2, 0.25) is 0 Å². The van der Waals surface area contributed by atoms with E-state index in [1.807, 2.05) is 0 Å². The van der Waals surface area contributed by atoms with Gasteiger partial charge in [-0.05, 0) is 19.1 Å². The Morgan fingerprint density at radius 3 is 2.06 bits per heavy atom. The molecule has 2 amide bonds. The highest BCUT2D eigenvalue weighted by Crippen LogP contribution is 2.11. The molecule has 86 valence electrons. The standard InChI is InChI=1S/C11H8N2O4/c1-6(11(16)17)12-13-9(14)7-4-2-3-5-8(7)10(13)15/h2-5H,1H3,(H,16,17)/p+1. The van der Waals surface area contributed by atoms with Crippen LogP contribution in [0, 0.1) is 0 Å². The molecule has 1 aliphatic heterocycles. The highest BCUT2D eigenvalue weighted by atomic mass is 16.4. The van der Waals surface area contributed by atoms with Crippen molar-refractivity contribution in [3.05, 3.63) is 35.4 Å². The van der Waals surface area contributed by atoms with Gasteiger partial charge in [0.1, 0.15) is 0 Å². The van der Waals surface area contributed by atoms with Gasteiger partial charge in [-0.3, -0.25) is 0 Å². The van der Waals surface area contributed by atoms with Crippen molar-refractivity contribution in [2.75, 3.05) is 0 Å². The summed E-state index contributed by atoms with van der Waals surface area (Å²) in [7, 11) is 0. The van der Waals surface area contributed by atoms with Gasteiger partial charge in [0.05, 0.1) is 11.1 Å². The minimum Gasteiger partial charge on any atom is -0.477 e. The van der Waals surface area contributed by atoms with E-state index in [1.165, 1.54) is 19.1 Å². The number of amides is 2. The lowest BCUT2D eigenvalue weighted by molar-refractivity contribution is -0.726. The van der Waals surface area contributed by atoms with Gasteiger partial charge in [-0.2, -0.15) is 0 Å². The quantitative estimate of drug-likeness (QED) is 0.523. The van der Waals surface area contributed by atoms with Gasteiger partial charge in [0.25, 0.3) is 0 Å². The number of quaternary nitrogens is 1. The van der Waals surface area contributed by atoms with Crippen LogP contribution in [0.2, 0.25) is 0 Å². The summed E-state index contributed by atoms with van der Waals surface area (Å²) in [5.74, 6) is -2.30. The average molecular weight is 233 g/mol. The van der Waals surface area contributed by atoms with Crippen molar-refractivity contribution >= 4 is 23.5 Å². The highest BCUT2D eigenvalue weighted by molar-refractivity contribution is 6.34. The molecular weight excluding hydrogens is 224 g/mol. The lowest BCUT2D eigenvalue weighted by Crippen LogP contribution is -3.11. The summed E-state index contributed by atoms with van der Waals surface area (Å²) < 4.78 is 0. The molecule has 0 unspecified atom stereocenters. The van der Waals surface area contributed by atoms with Crippen molar-refractivity contribution in [2.24, 2.45) is 5.10 Å². The van der Waals surface area contributed by atoms with E-state index in [2.05, 4.69) is 5.10 Å². The number of hydrogen-bond acceptors (Lipinski definition) is 4. The van der Waals surface area contributed by atoms with Crippen LogP contribution in [0.15, 0.2) is 29.4 Å². The predicted molar refractivity (Wildman–Crippen MR) is 56.8 cm³/mol. The van der Waals surface area contributed by atoms with Crippen molar-refractivity contribution in [2.45, 2.75) is 6.92 Å². The second kappa shape index (κ2) is 3.91. The number of benzene rings is 1. The molecule has 17 heavy (non-hydrogen) atoms. The van der Waals surface area contributed by atoms with Crippen molar-refractivity contribution in [3.8, 4) is 0 Å². The molecule has 1 aliphatic rings. The summed E-state index contributed by atoms with van der Waals surface area (Å²) in [4.78, 5) is 34.2. The molecule has 1 heterocycles. The molecule has 0 aromatic heterocycles. The molecule has 1 aromatic carbocycles. The number of imide groups is 1. The first-order valence-electron chi connectivity index (χ1n) is 4.86. The molecule has 6 heteroatoms. The first kappa shape index (κ1) is 11.2. The fourth-order valence-corrected chi connectivity index (χ4v) is 1.55. The molecule has 0 fully saturated rings. The average Bonchev–Trinajstić information content (AvgIpc) is 2.55. The van der Waals surface area contributed by atoms with Crippen molar-refractivity contribution in [1.82, 2.24) is 0 Å². The van der Waals surface area contributed by atoms with E-state index in [0.29, 0.717) is 0 Å². The minimum absolute atomic E-state index is 0.273. The normalized spacial score (nSPS) is 16.2. The lowest BCUT2D eigenvalue weighted by Gasteiger charge is -1.98. The molecule has 0 atom stereocenters. The lowest BCUT2D eigenvalue weighted by atomic mass is 10.1. The third kappa shape index (κ3) is 1.74. The molecule has 0 radical (unpaired) electrons. The Kier molecular flexibility index (Phi) is 2.57. The summed E-state index contributed by atoms with van der Waals surface area (Å²) in [5.41, 5.74) is 0.262. The molecule has 0 bridgehead atoms. The fourth-order valence-electron chi connectivity index (χ4n) is 1.55. The van der Waals surface area contributed by atoms with Crippen LogP contribution in [0.5, 0.6) is 0 Å². The summed E-state index contributed by atoms with van der Waals surface area (Å²) in [6.45, 7) is 1.23. The third-order valence-electron chi connectivity index (χ3n) is 2.44. The fraction of sp³-hybridized carbons (Fsp3) is 0.0909. The minimum atomic E-state index is -1.26. The van der Waals surface area contributed by atoms with Gasteiger partial charge >= 0.3 is 17.8 Å². The number of carbonyl (C=O) groups excluding carboxylic acids is 2. The van der Waals surface area contributed by atoms with Crippen LogP contribution in [0.1, 0.15) is 27.6 Å². The van der Waals surface area contributed by atoms with Gasteiger partial charge in [-0.15, -0.1) is 0 Å². The molecule has 2 rings (SSSR count). The predicted octanol–water partition coefficient (Wildman–Crippen LogP) is -0.674. The second-order valence-corrected chi connectivity index (χ2v) is 3.55. The van der Waals surface area contributed by atoms with E-state index in [1.54, 1.807) is 12.1 Å². The maximum Gasteiger partial charge on any atom is 0.379 e. The van der Waals surface area contributed by atoms with Crippen molar-refractivity contribution in [3.63, 3.8) is 0 Å². The Labute approximate surface area is 96.2 Å². The smallest absolute Gasteiger partial charge is 0.379 e. The van der Waals surface area contributed by atoms with Crippen LogP contribution in [-0.4, -0.2) is 28.6 Å². The van der Waals surface area contributed by atoms with E-state index < -0.39 is 17.8 Å². The Morgan fingerprint density at radius 1 is 1.18 bits per heavy atom. The number of aliphatic carboxylic acids is 1. The molecule has 0 aliphatic carbocycles. The van der Waals surface area contributed by atoms with Crippen LogP contribution < -0.4 is 5.01 Å². The number of hydrogen-bond donors (Lipinski definition) is 2. The molecule has 0 spiro atoms. The number of fused-ring (bicyclic) bond motifs is 1. The molecule has 2 N–H and O–H groups in total. The Hall–Kier alpha value is -2.34. The van der Waals surface area contributed by atoms with Crippen LogP contribution in [0.25, 0.3) is 0 Å². The van der Waals surface area contributed by atoms with Gasteiger partial charge in [0, 0.05) is 0 Å². The number of carboxylic acid groups (broad SMARTS) is 1. The monoisotopic (exact) mass is 233 g/mol. The van der Waals surface area contributed by atoms with E-state index in [4.69, 9.17) is 5.11 Å². The third-order valence-corrected chi connectivity index (χ3v) is 2.44. The van der Waals surface area contributed by atoms with Crippen molar-refractivity contribution < 1.29 is 24.5 Å². The number of nitrogens with zero attached hydrogens (tertiary/aromatic N) is 1. The Morgan fingerprint density at radius 2 is 1.65 bits per heavy atom. The van der Waals surface area contributed by atoms with E-state index in [-0.39, 0.29) is 21.8 Å². The Bertz CT molecular complexity index is 527. The van der Waals surface area contributed by atoms with Gasteiger partial charge in [-0.25, -0.2) is 14.4 Å². The van der Waals surface area contributed by atoms with Crippen LogP contribution >= 0.6 is 0 Å². The number of nitrogens with one attached hydrogen (secondary N) is 1. The first-order chi connectivity index (χ1) is 8.02. The summed E-state index contributed by atoms with van der Waals surface area (Å²) in [5, 5.41) is 11.9. The summed E-state index contributed by atoms with van der Waals surface area (Å²) >= 11 is 0. The van der Waals surface area contributed by atoms with E-state index >= 15 is 0 Å². The zero-order valence-corrected chi connectivity index (χ0v) is 8.93. The number of carboxylic acids is 1. The second-order valence-electron chi connectivity index (χ2n) is 3.55. The topological polar surface area (TPSA) is 88.2 Å². The van der Waals surface area contributed by atoms with Gasteiger partial charge in [0.15, 0.2) is 5.71 Å². The summed E-state index contributed by atoms with van der Waals surface area (Å²) in [6.07, 6.45) is 0. The largest absolute Gasteiger partial charge is 0.477 e. The maximum absolute atomic E-state index is 11.8. The van der Waals surface area contributed by atoms with E-state index in [9.17, 15) is 14.4 Å². The molecule has 0 saturated heterocycles. The maximum atomic E-state index is 11.8. The molecule has 0 saturated carbocycles. The zero-order valence-electron chi connectivity index (χ0n) is 8.93. The van der Waals surface area contributed by atoms with Crippen LogP contribution in [0.4, 0.5) is 0 Å². The Balaban J connectivity index is 2.44. The zero-order chi connectivity index (χ0) is 12.6. The SMILES string of the molecule is CC(=N[NH+]1C(=O)c2ccccc2C1=O)C(=O)O. The summed E-state index contributed by atoms with van der Waals surface area (Å²) in [6, 6.07) is 6.32. The first-order valence-corrected chi connectivity index (χ1v) is 4.86. The van der Waals surface area contributed by atoms with E-state index in [0.717, 1.165) is 0 Å². The molecular formula is C11H9N2O4+. The highest BCUT2D eigenvalue weighted by Gasteiger charge is 2.42. The van der Waals surface area contributed by atoms with Crippen LogP contribution in [0.3, 0.4) is 0 Å². The van der Waals surface area contributed by atoms with Crippen molar-refractivity contribution in [1.29, 1.82) is 0 Å². The van der Waals surface area contributed by atoms with Crippen LogP contribution in [-0.2, 0) is 4.79 Å². The van der Waals surface area contributed by atoms with Gasteiger partial charge < -0.3 is 5.11 Å². The molecule has 1 aromatic rings.